The third kappa shape index (κ3) is 3.05. The summed E-state index contributed by atoms with van der Waals surface area (Å²) in [5, 5.41) is 3.41. The number of likely N-dealkylation sites (N-methyl/N-ethyl adjacent to an activating group) is 1. The maximum atomic E-state index is 6.26. The van der Waals surface area contributed by atoms with E-state index in [1.165, 1.54) is 31.2 Å². The fourth-order valence-electron chi connectivity index (χ4n) is 2.89. The van der Waals surface area contributed by atoms with Gasteiger partial charge in [-0.15, -0.1) is 0 Å². The second-order valence-corrected chi connectivity index (χ2v) is 5.40. The molecule has 1 aliphatic carbocycles. The van der Waals surface area contributed by atoms with Crippen LogP contribution in [0.4, 0.5) is 0 Å². The van der Waals surface area contributed by atoms with E-state index in [0.717, 1.165) is 11.7 Å². The van der Waals surface area contributed by atoms with E-state index in [-0.39, 0.29) is 0 Å². The molecule has 2 heteroatoms. The molecule has 100 valence electrons. The van der Waals surface area contributed by atoms with E-state index in [1.54, 1.807) is 0 Å². The molecule has 1 fully saturated rings. The Bertz CT molecular complexity index is 377. The van der Waals surface area contributed by atoms with Crippen molar-refractivity contribution in [3.8, 4) is 5.75 Å². The highest BCUT2D eigenvalue weighted by Crippen LogP contribution is 2.30. The minimum Gasteiger partial charge on any atom is -0.489 e. The van der Waals surface area contributed by atoms with Crippen molar-refractivity contribution in [3.05, 3.63) is 29.8 Å². The first kappa shape index (κ1) is 13.4. The third-order valence-electron chi connectivity index (χ3n) is 4.22. The normalized spacial score (nSPS) is 28.1. The molecule has 1 aliphatic rings. The van der Waals surface area contributed by atoms with Gasteiger partial charge in [0.2, 0.25) is 0 Å². The molecule has 0 aromatic heterocycles. The molecule has 1 saturated carbocycles. The summed E-state index contributed by atoms with van der Waals surface area (Å²) in [5.74, 6) is 1.86. The Balaban J connectivity index is 2.07. The molecule has 2 nitrogen and oxygen atoms in total. The van der Waals surface area contributed by atoms with E-state index in [1.807, 2.05) is 7.05 Å². The monoisotopic (exact) mass is 247 g/mol. The summed E-state index contributed by atoms with van der Waals surface area (Å²) in [7, 11) is 2.05. The first-order valence-corrected chi connectivity index (χ1v) is 7.14. The van der Waals surface area contributed by atoms with Gasteiger partial charge in [0, 0.05) is 6.04 Å². The van der Waals surface area contributed by atoms with Crippen LogP contribution in [0.3, 0.4) is 0 Å². The Morgan fingerprint density at radius 2 is 2.06 bits per heavy atom. The van der Waals surface area contributed by atoms with Crippen molar-refractivity contribution in [2.45, 2.75) is 51.7 Å². The Hall–Kier alpha value is -1.02. The lowest BCUT2D eigenvalue weighted by Gasteiger charge is -2.36. The molecule has 3 unspecified atom stereocenters. The van der Waals surface area contributed by atoms with Crippen LogP contribution < -0.4 is 10.1 Å². The van der Waals surface area contributed by atoms with Crippen molar-refractivity contribution in [2.24, 2.45) is 5.92 Å². The van der Waals surface area contributed by atoms with Gasteiger partial charge < -0.3 is 10.1 Å². The largest absolute Gasteiger partial charge is 0.489 e. The highest BCUT2D eigenvalue weighted by molar-refractivity contribution is 5.32. The molecule has 0 heterocycles. The van der Waals surface area contributed by atoms with Gasteiger partial charge >= 0.3 is 0 Å². The van der Waals surface area contributed by atoms with Crippen LogP contribution in [0.25, 0.3) is 0 Å². The van der Waals surface area contributed by atoms with Crippen LogP contribution in [0.15, 0.2) is 24.3 Å². The van der Waals surface area contributed by atoms with Crippen LogP contribution in [-0.2, 0) is 0 Å². The molecule has 0 amide bonds. The quantitative estimate of drug-likeness (QED) is 0.878. The van der Waals surface area contributed by atoms with Crippen LogP contribution in [0.2, 0.25) is 0 Å². The van der Waals surface area contributed by atoms with Crippen molar-refractivity contribution < 1.29 is 4.74 Å². The van der Waals surface area contributed by atoms with Gasteiger partial charge in [0.05, 0.1) is 0 Å². The van der Waals surface area contributed by atoms with Gasteiger partial charge in [-0.25, -0.2) is 0 Å². The summed E-state index contributed by atoms with van der Waals surface area (Å²) in [4.78, 5) is 0. The molecule has 0 bridgehead atoms. The van der Waals surface area contributed by atoms with Crippen molar-refractivity contribution in [2.75, 3.05) is 7.05 Å². The molecule has 0 saturated heterocycles. The smallest absolute Gasteiger partial charge is 0.122 e. The van der Waals surface area contributed by atoms with Crippen molar-refractivity contribution in [1.29, 1.82) is 0 Å². The Kier molecular flexibility index (Phi) is 4.65. The molecular weight excluding hydrogens is 222 g/mol. The summed E-state index contributed by atoms with van der Waals surface area (Å²) >= 11 is 0. The van der Waals surface area contributed by atoms with E-state index in [2.05, 4.69) is 43.4 Å². The summed E-state index contributed by atoms with van der Waals surface area (Å²) < 4.78 is 6.26. The van der Waals surface area contributed by atoms with Gasteiger partial charge in [0.25, 0.3) is 0 Å². The second kappa shape index (κ2) is 6.24. The van der Waals surface area contributed by atoms with E-state index in [0.29, 0.717) is 12.1 Å². The van der Waals surface area contributed by atoms with E-state index in [4.69, 9.17) is 4.74 Å². The fraction of sp³-hybridized carbons (Fsp3) is 0.625. The van der Waals surface area contributed by atoms with Crippen molar-refractivity contribution >= 4 is 0 Å². The summed E-state index contributed by atoms with van der Waals surface area (Å²) in [5.41, 5.74) is 1.23. The number of rotatable bonds is 4. The molecule has 1 aromatic rings. The molecule has 1 aromatic carbocycles. The Morgan fingerprint density at radius 1 is 1.28 bits per heavy atom. The van der Waals surface area contributed by atoms with Crippen LogP contribution in [-0.4, -0.2) is 19.2 Å². The lowest BCUT2D eigenvalue weighted by atomic mass is 9.82. The molecule has 2 rings (SSSR count). The Morgan fingerprint density at radius 3 is 2.72 bits per heavy atom. The molecule has 0 radical (unpaired) electrons. The average molecular weight is 247 g/mol. The van der Waals surface area contributed by atoms with Crippen LogP contribution in [0, 0.1) is 12.8 Å². The highest BCUT2D eigenvalue weighted by Gasteiger charge is 2.30. The van der Waals surface area contributed by atoms with E-state index < -0.39 is 0 Å². The lowest BCUT2D eigenvalue weighted by Crippen LogP contribution is -2.45. The molecule has 18 heavy (non-hydrogen) atoms. The average Bonchev–Trinajstić information content (AvgIpc) is 2.41. The maximum Gasteiger partial charge on any atom is 0.122 e. The lowest BCUT2D eigenvalue weighted by molar-refractivity contribution is 0.0877. The number of nitrogens with one attached hydrogen (secondary N) is 1. The summed E-state index contributed by atoms with van der Waals surface area (Å²) in [6.07, 6.45) is 5.32. The van der Waals surface area contributed by atoms with Crippen LogP contribution in [0.5, 0.6) is 5.75 Å². The van der Waals surface area contributed by atoms with Gasteiger partial charge in [-0.05, 0) is 50.8 Å². The van der Waals surface area contributed by atoms with Gasteiger partial charge in [0.1, 0.15) is 11.9 Å². The summed E-state index contributed by atoms with van der Waals surface area (Å²) in [6.45, 7) is 4.40. The fourth-order valence-corrected chi connectivity index (χ4v) is 2.89. The van der Waals surface area contributed by atoms with Crippen molar-refractivity contribution in [3.63, 3.8) is 0 Å². The topological polar surface area (TPSA) is 21.3 Å². The zero-order chi connectivity index (χ0) is 13.0. The Labute approximate surface area is 111 Å². The molecular formula is C16H25NO. The third-order valence-corrected chi connectivity index (χ3v) is 4.22. The van der Waals surface area contributed by atoms with Crippen LogP contribution >= 0.6 is 0 Å². The summed E-state index contributed by atoms with van der Waals surface area (Å²) in [6, 6.07) is 8.80. The number of ether oxygens (including phenoxy) is 1. The molecule has 0 spiro atoms. The number of benzene rings is 1. The zero-order valence-corrected chi connectivity index (χ0v) is 11.8. The molecule has 3 atom stereocenters. The number of para-hydroxylation sites is 1. The zero-order valence-electron chi connectivity index (χ0n) is 11.8. The van der Waals surface area contributed by atoms with Gasteiger partial charge in [-0.2, -0.15) is 0 Å². The molecule has 1 N–H and O–H groups in total. The first-order valence-electron chi connectivity index (χ1n) is 7.14. The minimum atomic E-state index is 0.315. The SMILES string of the molecule is CCC1CCC(NC)C(Oc2ccccc2C)C1. The predicted molar refractivity (Wildman–Crippen MR) is 76.1 cm³/mol. The number of hydrogen-bond donors (Lipinski definition) is 1. The van der Waals surface area contributed by atoms with E-state index >= 15 is 0 Å². The van der Waals surface area contributed by atoms with E-state index in [9.17, 15) is 0 Å². The van der Waals surface area contributed by atoms with Gasteiger partial charge in [0.15, 0.2) is 0 Å². The highest BCUT2D eigenvalue weighted by atomic mass is 16.5. The number of hydrogen-bond acceptors (Lipinski definition) is 2. The minimum absolute atomic E-state index is 0.315. The standard InChI is InChI=1S/C16H25NO/c1-4-13-9-10-14(17-3)16(11-13)18-15-8-6-5-7-12(15)2/h5-8,13-14,16-17H,4,9-11H2,1-3H3. The molecule has 0 aliphatic heterocycles. The van der Waals surface area contributed by atoms with Crippen molar-refractivity contribution in [1.82, 2.24) is 5.32 Å². The van der Waals surface area contributed by atoms with Gasteiger partial charge in [-0.1, -0.05) is 31.5 Å². The predicted octanol–water partition coefficient (Wildman–Crippen LogP) is 3.54. The number of aryl methyl sites for hydroxylation is 1. The van der Waals surface area contributed by atoms with Gasteiger partial charge in [-0.3, -0.25) is 0 Å². The van der Waals surface area contributed by atoms with Crippen LogP contribution in [0.1, 0.15) is 38.2 Å². The second-order valence-electron chi connectivity index (χ2n) is 5.40. The maximum absolute atomic E-state index is 6.26. The first-order chi connectivity index (χ1) is 8.74.